The Hall–Kier alpha value is -1.49. The van der Waals surface area contributed by atoms with Crippen molar-refractivity contribution in [1.29, 1.82) is 0 Å². The van der Waals surface area contributed by atoms with Crippen molar-refractivity contribution < 1.29 is 9.90 Å². The maximum absolute atomic E-state index is 12.0. The summed E-state index contributed by atoms with van der Waals surface area (Å²) < 4.78 is 0. The lowest BCUT2D eigenvalue weighted by atomic mass is 10.1. The third-order valence-electron chi connectivity index (χ3n) is 2.68. The van der Waals surface area contributed by atoms with Gasteiger partial charge < -0.3 is 10.0 Å². The van der Waals surface area contributed by atoms with Crippen molar-refractivity contribution in [1.82, 2.24) is 14.9 Å². The predicted octanol–water partition coefficient (Wildman–Crippen LogP) is 0.382. The maximum atomic E-state index is 12.0. The highest BCUT2D eigenvalue weighted by molar-refractivity contribution is 5.92. The van der Waals surface area contributed by atoms with Crippen molar-refractivity contribution in [3.8, 4) is 0 Å². The first-order valence-corrected chi connectivity index (χ1v) is 5.43. The van der Waals surface area contributed by atoms with Crippen molar-refractivity contribution in [2.75, 3.05) is 13.1 Å². The van der Waals surface area contributed by atoms with E-state index in [4.69, 9.17) is 0 Å². The van der Waals surface area contributed by atoms with E-state index >= 15 is 0 Å². The predicted molar refractivity (Wildman–Crippen MR) is 57.9 cm³/mol. The Morgan fingerprint density at radius 1 is 1.50 bits per heavy atom. The summed E-state index contributed by atoms with van der Waals surface area (Å²) in [6, 6.07) is 0. The Balaban J connectivity index is 2.09. The minimum Gasteiger partial charge on any atom is -0.391 e. The molecule has 0 spiro atoms. The number of piperidine rings is 1. The molecule has 1 aliphatic heterocycles. The van der Waals surface area contributed by atoms with Crippen molar-refractivity contribution in [2.45, 2.75) is 25.9 Å². The van der Waals surface area contributed by atoms with Gasteiger partial charge in [-0.05, 0) is 19.8 Å². The molecular weight excluding hydrogens is 206 g/mol. The first-order valence-electron chi connectivity index (χ1n) is 5.43. The molecule has 1 fully saturated rings. The van der Waals surface area contributed by atoms with E-state index in [1.165, 1.54) is 6.20 Å². The fraction of sp³-hybridized carbons (Fsp3) is 0.545. The molecule has 16 heavy (non-hydrogen) atoms. The molecule has 0 aliphatic carbocycles. The largest absolute Gasteiger partial charge is 0.391 e. The second-order valence-corrected chi connectivity index (χ2v) is 4.09. The summed E-state index contributed by atoms with van der Waals surface area (Å²) in [5.41, 5.74) is 1.13. The van der Waals surface area contributed by atoms with Gasteiger partial charge in [-0.15, -0.1) is 0 Å². The van der Waals surface area contributed by atoms with Gasteiger partial charge in [-0.25, -0.2) is 4.98 Å². The number of hydrogen-bond acceptors (Lipinski definition) is 4. The summed E-state index contributed by atoms with van der Waals surface area (Å²) in [7, 11) is 0. The van der Waals surface area contributed by atoms with Gasteiger partial charge in [0.05, 0.1) is 18.0 Å². The van der Waals surface area contributed by atoms with E-state index in [1.54, 1.807) is 11.1 Å². The monoisotopic (exact) mass is 221 g/mol. The SMILES string of the molecule is Cc1cnc(C(=O)N2CCC[C@@H](O)C2)cn1. The Labute approximate surface area is 94.1 Å². The van der Waals surface area contributed by atoms with Crippen LogP contribution in [0.3, 0.4) is 0 Å². The van der Waals surface area contributed by atoms with Crippen molar-refractivity contribution in [3.63, 3.8) is 0 Å². The molecule has 0 unspecified atom stereocenters. The van der Waals surface area contributed by atoms with E-state index in [9.17, 15) is 9.90 Å². The number of aliphatic hydroxyl groups is 1. The summed E-state index contributed by atoms with van der Waals surface area (Å²) in [4.78, 5) is 21.7. The van der Waals surface area contributed by atoms with Crippen LogP contribution >= 0.6 is 0 Å². The molecule has 1 N–H and O–H groups in total. The molecule has 5 heteroatoms. The van der Waals surface area contributed by atoms with E-state index in [1.807, 2.05) is 6.92 Å². The topological polar surface area (TPSA) is 66.3 Å². The molecule has 1 aromatic rings. The molecule has 1 amide bonds. The van der Waals surface area contributed by atoms with Crippen molar-refractivity contribution in [3.05, 3.63) is 23.8 Å². The van der Waals surface area contributed by atoms with Gasteiger partial charge in [0.2, 0.25) is 0 Å². The average molecular weight is 221 g/mol. The van der Waals surface area contributed by atoms with Gasteiger partial charge in [-0.3, -0.25) is 9.78 Å². The van der Waals surface area contributed by atoms with Gasteiger partial charge in [0, 0.05) is 19.3 Å². The Bertz CT molecular complexity index is 377. The summed E-state index contributed by atoms with van der Waals surface area (Å²) >= 11 is 0. The first-order chi connectivity index (χ1) is 7.66. The van der Waals surface area contributed by atoms with E-state index in [2.05, 4.69) is 9.97 Å². The number of aryl methyl sites for hydroxylation is 1. The number of rotatable bonds is 1. The number of carbonyl (C=O) groups is 1. The molecule has 5 nitrogen and oxygen atoms in total. The van der Waals surface area contributed by atoms with Crippen molar-refractivity contribution >= 4 is 5.91 Å². The fourth-order valence-electron chi connectivity index (χ4n) is 1.80. The molecule has 0 radical (unpaired) electrons. The lowest BCUT2D eigenvalue weighted by Gasteiger charge is -2.29. The molecule has 2 heterocycles. The quantitative estimate of drug-likeness (QED) is 0.744. The van der Waals surface area contributed by atoms with E-state index in [0.29, 0.717) is 18.8 Å². The lowest BCUT2D eigenvalue weighted by molar-refractivity contribution is 0.0468. The fourth-order valence-corrected chi connectivity index (χ4v) is 1.80. The smallest absolute Gasteiger partial charge is 0.274 e. The maximum Gasteiger partial charge on any atom is 0.274 e. The van der Waals surface area contributed by atoms with Gasteiger partial charge in [0.25, 0.3) is 5.91 Å². The second kappa shape index (κ2) is 4.57. The second-order valence-electron chi connectivity index (χ2n) is 4.09. The Kier molecular flexibility index (Phi) is 3.14. The number of amides is 1. The molecule has 1 aliphatic rings. The molecule has 86 valence electrons. The number of hydrogen-bond donors (Lipinski definition) is 1. The normalized spacial score (nSPS) is 20.9. The summed E-state index contributed by atoms with van der Waals surface area (Å²) in [6.07, 6.45) is 4.26. The molecule has 0 bridgehead atoms. The van der Waals surface area contributed by atoms with Crippen LogP contribution in [-0.2, 0) is 0 Å². The molecule has 1 saturated heterocycles. The number of aromatic nitrogens is 2. The van der Waals surface area contributed by atoms with Crippen LogP contribution in [-0.4, -0.2) is 45.1 Å². The summed E-state index contributed by atoms with van der Waals surface area (Å²) in [6.45, 7) is 2.91. The van der Waals surface area contributed by atoms with Crippen molar-refractivity contribution in [2.24, 2.45) is 0 Å². The van der Waals surface area contributed by atoms with Crippen LogP contribution in [0.1, 0.15) is 29.0 Å². The van der Waals surface area contributed by atoms with Crippen LogP contribution in [0.15, 0.2) is 12.4 Å². The Morgan fingerprint density at radius 3 is 2.94 bits per heavy atom. The van der Waals surface area contributed by atoms with Gasteiger partial charge in [-0.2, -0.15) is 0 Å². The van der Waals surface area contributed by atoms with E-state index in [-0.39, 0.29) is 5.91 Å². The van der Waals surface area contributed by atoms with Crippen LogP contribution in [0.5, 0.6) is 0 Å². The standard InChI is InChI=1S/C11H15N3O2/c1-8-5-13-10(6-12-8)11(16)14-4-2-3-9(15)7-14/h5-6,9,15H,2-4,7H2,1H3/t9-/m1/s1. The number of carbonyl (C=O) groups excluding carboxylic acids is 1. The average Bonchev–Trinajstić information content (AvgIpc) is 2.29. The first kappa shape index (κ1) is 11.0. The van der Waals surface area contributed by atoms with Crippen LogP contribution in [0.4, 0.5) is 0 Å². The lowest BCUT2D eigenvalue weighted by Crippen LogP contribution is -2.42. The van der Waals surface area contributed by atoms with E-state index < -0.39 is 6.10 Å². The zero-order valence-electron chi connectivity index (χ0n) is 9.26. The molecule has 0 saturated carbocycles. The highest BCUT2D eigenvalue weighted by atomic mass is 16.3. The molecule has 2 rings (SSSR count). The van der Waals surface area contributed by atoms with Gasteiger partial charge >= 0.3 is 0 Å². The summed E-state index contributed by atoms with van der Waals surface area (Å²) in [5, 5.41) is 9.49. The number of aliphatic hydroxyl groups excluding tert-OH is 1. The summed E-state index contributed by atoms with van der Waals surface area (Å²) in [5.74, 6) is -0.147. The van der Waals surface area contributed by atoms with Crippen LogP contribution < -0.4 is 0 Å². The zero-order valence-corrected chi connectivity index (χ0v) is 9.26. The van der Waals surface area contributed by atoms with Crippen LogP contribution in [0.25, 0.3) is 0 Å². The third-order valence-corrected chi connectivity index (χ3v) is 2.68. The van der Waals surface area contributed by atoms with Gasteiger partial charge in [-0.1, -0.05) is 0 Å². The Morgan fingerprint density at radius 2 is 2.31 bits per heavy atom. The molecular formula is C11H15N3O2. The minimum atomic E-state index is -0.406. The number of nitrogens with zero attached hydrogens (tertiary/aromatic N) is 3. The minimum absolute atomic E-state index is 0.147. The van der Waals surface area contributed by atoms with Crippen LogP contribution in [0, 0.1) is 6.92 Å². The highest BCUT2D eigenvalue weighted by Gasteiger charge is 2.23. The zero-order chi connectivity index (χ0) is 11.5. The highest BCUT2D eigenvalue weighted by Crippen LogP contribution is 2.12. The third kappa shape index (κ3) is 2.36. The van der Waals surface area contributed by atoms with Gasteiger partial charge in [0.15, 0.2) is 0 Å². The van der Waals surface area contributed by atoms with Crippen LogP contribution in [0.2, 0.25) is 0 Å². The number of β-amino-alcohol motifs (C(OH)–C–C–N with tert-alkyl or cyclic N) is 1. The number of likely N-dealkylation sites (tertiary alicyclic amines) is 1. The molecule has 1 aromatic heterocycles. The van der Waals surface area contributed by atoms with Gasteiger partial charge in [0.1, 0.15) is 5.69 Å². The van der Waals surface area contributed by atoms with E-state index in [0.717, 1.165) is 18.5 Å². The molecule has 0 aromatic carbocycles. The molecule has 1 atom stereocenters.